The Morgan fingerprint density at radius 2 is 1.89 bits per heavy atom. The van der Waals surface area contributed by atoms with Gasteiger partial charge in [0.15, 0.2) is 6.10 Å². The number of aromatic nitrogens is 2. The zero-order valence-electron chi connectivity index (χ0n) is 9.48. The van der Waals surface area contributed by atoms with E-state index in [-0.39, 0.29) is 12.2 Å². The van der Waals surface area contributed by atoms with Crippen molar-refractivity contribution < 1.29 is 29.6 Å². The molecule has 0 saturated heterocycles. The van der Waals surface area contributed by atoms with Gasteiger partial charge in [-0.3, -0.25) is 0 Å². The van der Waals surface area contributed by atoms with E-state index in [4.69, 9.17) is 5.11 Å². The summed E-state index contributed by atoms with van der Waals surface area (Å²) in [5.41, 5.74) is 0.0144. The van der Waals surface area contributed by atoms with Crippen molar-refractivity contribution in [1.29, 1.82) is 0 Å². The summed E-state index contributed by atoms with van der Waals surface area (Å²) in [6.07, 6.45) is -1.32. The summed E-state index contributed by atoms with van der Waals surface area (Å²) in [5, 5.41) is 27.7. The summed E-state index contributed by atoms with van der Waals surface area (Å²) in [7, 11) is 0. The molecule has 1 aromatic heterocycles. The molecule has 0 spiro atoms. The number of aliphatic hydroxyl groups excluding tert-OH is 2. The molecule has 8 nitrogen and oxygen atoms in total. The average Bonchev–Trinajstić information content (AvgIpc) is 2.37. The summed E-state index contributed by atoms with van der Waals surface area (Å²) in [5.74, 6) is -2.74. The number of ether oxygens (including phenoxy) is 1. The van der Waals surface area contributed by atoms with Crippen molar-refractivity contribution in [2.45, 2.75) is 19.1 Å². The molecule has 0 aliphatic carbocycles. The predicted molar refractivity (Wildman–Crippen MR) is 56.6 cm³/mol. The Morgan fingerprint density at radius 1 is 1.33 bits per heavy atom. The van der Waals surface area contributed by atoms with Gasteiger partial charge >= 0.3 is 11.9 Å². The minimum atomic E-state index is -1.77. The van der Waals surface area contributed by atoms with Crippen LogP contribution in [0.5, 0.6) is 0 Å². The molecule has 0 aromatic carbocycles. The lowest BCUT2D eigenvalue weighted by Gasteiger charge is -2.15. The number of aliphatic hydroxyl groups is 2. The van der Waals surface area contributed by atoms with Crippen LogP contribution < -0.4 is 0 Å². The van der Waals surface area contributed by atoms with Crippen LogP contribution in [0.4, 0.5) is 0 Å². The first-order valence-electron chi connectivity index (χ1n) is 5.05. The third kappa shape index (κ3) is 3.22. The van der Waals surface area contributed by atoms with Gasteiger partial charge < -0.3 is 20.1 Å². The number of nitrogens with zero attached hydrogens (tertiary/aromatic N) is 2. The SMILES string of the molecule is CCOC(=O)C(O)C(O)c1cnc(C(=O)O)nc1. The molecule has 1 rings (SSSR count). The second kappa shape index (κ2) is 6.03. The highest BCUT2D eigenvalue weighted by molar-refractivity contribution is 5.82. The third-order valence-electron chi connectivity index (χ3n) is 2.03. The molecule has 98 valence electrons. The monoisotopic (exact) mass is 256 g/mol. The van der Waals surface area contributed by atoms with Crippen LogP contribution in [0.2, 0.25) is 0 Å². The topological polar surface area (TPSA) is 130 Å². The second-order valence-corrected chi connectivity index (χ2v) is 3.29. The smallest absolute Gasteiger partial charge is 0.373 e. The zero-order chi connectivity index (χ0) is 13.7. The first kappa shape index (κ1) is 14.0. The van der Waals surface area contributed by atoms with E-state index >= 15 is 0 Å². The summed E-state index contributed by atoms with van der Waals surface area (Å²) in [6.45, 7) is 1.62. The number of carbonyl (C=O) groups is 2. The molecule has 2 atom stereocenters. The van der Waals surface area contributed by atoms with E-state index in [0.717, 1.165) is 12.4 Å². The Balaban J connectivity index is 2.80. The maximum absolute atomic E-state index is 11.2. The Kier molecular flexibility index (Phi) is 4.69. The predicted octanol–water partition coefficient (Wildman–Crippen LogP) is -0.868. The number of carboxylic acids is 1. The Morgan fingerprint density at radius 3 is 2.33 bits per heavy atom. The molecule has 0 bridgehead atoms. The number of rotatable bonds is 5. The maximum atomic E-state index is 11.2. The van der Waals surface area contributed by atoms with Crippen LogP contribution >= 0.6 is 0 Å². The molecule has 3 N–H and O–H groups in total. The number of hydrogen-bond acceptors (Lipinski definition) is 7. The van der Waals surface area contributed by atoms with Gasteiger partial charge in [-0.2, -0.15) is 0 Å². The average molecular weight is 256 g/mol. The van der Waals surface area contributed by atoms with Crippen LogP contribution in [-0.2, 0) is 9.53 Å². The van der Waals surface area contributed by atoms with E-state index in [0.29, 0.717) is 0 Å². The summed E-state index contributed by atoms with van der Waals surface area (Å²) in [6, 6.07) is 0. The number of carboxylic acid groups (broad SMARTS) is 1. The number of hydrogen-bond donors (Lipinski definition) is 3. The molecule has 0 amide bonds. The fourth-order valence-electron chi connectivity index (χ4n) is 1.14. The highest BCUT2D eigenvalue weighted by Gasteiger charge is 2.27. The van der Waals surface area contributed by atoms with Crippen molar-refractivity contribution in [3.05, 3.63) is 23.8 Å². The van der Waals surface area contributed by atoms with Gasteiger partial charge in [-0.25, -0.2) is 19.6 Å². The van der Waals surface area contributed by atoms with E-state index in [1.54, 1.807) is 6.92 Å². The van der Waals surface area contributed by atoms with Gasteiger partial charge in [0, 0.05) is 18.0 Å². The minimum absolute atomic E-state index is 0.0144. The van der Waals surface area contributed by atoms with E-state index in [1.807, 2.05) is 0 Å². The van der Waals surface area contributed by atoms with Gasteiger partial charge in [-0.05, 0) is 6.92 Å². The number of esters is 1. The summed E-state index contributed by atoms with van der Waals surface area (Å²) >= 11 is 0. The maximum Gasteiger partial charge on any atom is 0.373 e. The largest absolute Gasteiger partial charge is 0.475 e. The Hall–Kier alpha value is -2.06. The second-order valence-electron chi connectivity index (χ2n) is 3.29. The molecule has 8 heteroatoms. The van der Waals surface area contributed by atoms with Crippen LogP contribution in [-0.4, -0.2) is 49.9 Å². The molecular formula is C10H12N2O6. The van der Waals surface area contributed by atoms with Crippen molar-refractivity contribution in [1.82, 2.24) is 9.97 Å². The fourth-order valence-corrected chi connectivity index (χ4v) is 1.14. The van der Waals surface area contributed by atoms with Gasteiger partial charge in [0.05, 0.1) is 6.61 Å². The summed E-state index contributed by atoms with van der Waals surface area (Å²) in [4.78, 5) is 28.6. The van der Waals surface area contributed by atoms with E-state index in [1.165, 1.54) is 0 Å². The lowest BCUT2D eigenvalue weighted by molar-refractivity contribution is -0.159. The van der Waals surface area contributed by atoms with Crippen molar-refractivity contribution in [3.63, 3.8) is 0 Å². The molecule has 0 fully saturated rings. The fraction of sp³-hybridized carbons (Fsp3) is 0.400. The summed E-state index contributed by atoms with van der Waals surface area (Å²) < 4.78 is 4.52. The first-order chi connectivity index (χ1) is 8.47. The number of aromatic carboxylic acids is 1. The van der Waals surface area contributed by atoms with E-state index in [2.05, 4.69) is 14.7 Å². The first-order valence-corrected chi connectivity index (χ1v) is 5.05. The third-order valence-corrected chi connectivity index (χ3v) is 2.03. The van der Waals surface area contributed by atoms with E-state index in [9.17, 15) is 19.8 Å². The van der Waals surface area contributed by atoms with Crippen molar-refractivity contribution >= 4 is 11.9 Å². The molecule has 0 radical (unpaired) electrons. The van der Waals surface area contributed by atoms with Crippen LogP contribution in [0, 0.1) is 0 Å². The quantitative estimate of drug-likeness (QED) is 0.580. The standard InChI is InChI=1S/C10H12N2O6/c1-2-18-10(17)7(14)6(13)5-3-11-8(9(15)16)12-4-5/h3-4,6-7,13-14H,2H2,1H3,(H,15,16). The number of carbonyl (C=O) groups excluding carboxylic acids is 1. The van der Waals surface area contributed by atoms with Gasteiger partial charge in [-0.1, -0.05) is 0 Å². The van der Waals surface area contributed by atoms with Gasteiger partial charge in [-0.15, -0.1) is 0 Å². The molecule has 0 aliphatic heterocycles. The highest BCUT2D eigenvalue weighted by Crippen LogP contribution is 2.16. The molecule has 2 unspecified atom stereocenters. The van der Waals surface area contributed by atoms with Crippen LogP contribution in [0.1, 0.15) is 29.2 Å². The Labute approximate surface area is 102 Å². The van der Waals surface area contributed by atoms with Crippen LogP contribution in [0.15, 0.2) is 12.4 Å². The van der Waals surface area contributed by atoms with Crippen LogP contribution in [0.3, 0.4) is 0 Å². The van der Waals surface area contributed by atoms with Crippen LogP contribution in [0.25, 0.3) is 0 Å². The van der Waals surface area contributed by atoms with E-state index < -0.39 is 30.0 Å². The highest BCUT2D eigenvalue weighted by atomic mass is 16.5. The zero-order valence-corrected chi connectivity index (χ0v) is 9.48. The normalized spacial score (nSPS) is 13.7. The van der Waals surface area contributed by atoms with Gasteiger partial charge in [0.1, 0.15) is 6.10 Å². The van der Waals surface area contributed by atoms with Gasteiger partial charge in [0.25, 0.3) is 0 Å². The van der Waals surface area contributed by atoms with Gasteiger partial charge in [0.2, 0.25) is 5.82 Å². The lowest BCUT2D eigenvalue weighted by Crippen LogP contribution is -2.30. The molecule has 0 saturated carbocycles. The minimum Gasteiger partial charge on any atom is -0.475 e. The Bertz CT molecular complexity index is 432. The molecule has 1 aromatic rings. The molecule has 1 heterocycles. The lowest BCUT2D eigenvalue weighted by atomic mass is 10.1. The molecular weight excluding hydrogens is 244 g/mol. The van der Waals surface area contributed by atoms with Crippen molar-refractivity contribution in [2.24, 2.45) is 0 Å². The van der Waals surface area contributed by atoms with Crippen molar-refractivity contribution in [2.75, 3.05) is 6.61 Å². The molecule has 0 aliphatic rings. The van der Waals surface area contributed by atoms with Crippen molar-refractivity contribution in [3.8, 4) is 0 Å². The molecule has 18 heavy (non-hydrogen) atoms.